The number of nitro groups is 1. The summed E-state index contributed by atoms with van der Waals surface area (Å²) in [6.07, 6.45) is 9.74. The molecule has 0 bridgehead atoms. The number of nitro benzene ring substituents is 1. The van der Waals surface area contributed by atoms with Crippen molar-refractivity contribution in [3.63, 3.8) is 0 Å². The predicted molar refractivity (Wildman–Crippen MR) is 246 cm³/mol. The van der Waals surface area contributed by atoms with Crippen molar-refractivity contribution >= 4 is 50.2 Å². The van der Waals surface area contributed by atoms with Crippen molar-refractivity contribution in [1.82, 2.24) is 14.5 Å². The summed E-state index contributed by atoms with van der Waals surface area (Å²) in [5.74, 6) is -1.40. The van der Waals surface area contributed by atoms with Crippen LogP contribution in [0, 0.1) is 21.3 Å². The Morgan fingerprint density at radius 2 is 1.65 bits per heavy atom. The number of likely N-dealkylation sites (tertiary alicyclic amines) is 1. The number of halogens is 2. The van der Waals surface area contributed by atoms with Gasteiger partial charge in [0.25, 0.3) is 21.6 Å². The van der Waals surface area contributed by atoms with Crippen LogP contribution in [0.2, 0.25) is 5.02 Å². The number of piperidine rings is 1. The van der Waals surface area contributed by atoms with Crippen molar-refractivity contribution in [2.45, 2.75) is 88.6 Å². The number of nitrogens with zero attached hydrogens (tertiary/aromatic N) is 4. The molecule has 2 N–H and O–H groups in total. The lowest BCUT2D eigenvalue weighted by Crippen LogP contribution is -2.47. The van der Waals surface area contributed by atoms with Crippen LogP contribution in [0.15, 0.2) is 95.4 Å². The molecular formula is C48H56ClFN6O6S. The molecule has 4 aliphatic rings. The number of carbonyl (C=O) groups excluding carboxylic acids is 1. The van der Waals surface area contributed by atoms with E-state index in [1.807, 2.05) is 12.1 Å². The zero-order chi connectivity index (χ0) is 44.3. The lowest BCUT2D eigenvalue weighted by molar-refractivity contribution is -0.384. The maximum atomic E-state index is 14.3. The highest BCUT2D eigenvalue weighted by Crippen LogP contribution is 2.43. The van der Waals surface area contributed by atoms with Crippen molar-refractivity contribution in [3.8, 4) is 11.5 Å². The molecule has 1 saturated carbocycles. The van der Waals surface area contributed by atoms with Gasteiger partial charge in [-0.25, -0.2) is 17.5 Å². The first kappa shape index (κ1) is 44.6. The fourth-order valence-electron chi connectivity index (χ4n) is 9.62. The topological polar surface area (TPSA) is 137 Å². The molecule has 8 rings (SSSR count). The average Bonchev–Trinajstić information content (AvgIpc) is 3.80. The van der Waals surface area contributed by atoms with E-state index in [0.29, 0.717) is 19.1 Å². The molecule has 2 aliphatic carbocycles. The molecule has 0 unspecified atom stereocenters. The Hall–Kier alpha value is -5.02. The molecule has 2 saturated heterocycles. The van der Waals surface area contributed by atoms with Crippen LogP contribution in [0.3, 0.4) is 0 Å². The van der Waals surface area contributed by atoms with Gasteiger partial charge >= 0.3 is 0 Å². The minimum atomic E-state index is -4.59. The van der Waals surface area contributed by atoms with E-state index in [0.717, 1.165) is 81.6 Å². The molecule has 2 heterocycles. The van der Waals surface area contributed by atoms with Crippen molar-refractivity contribution in [3.05, 3.63) is 123 Å². The fraction of sp³-hybridized carbons (Fsp3) is 0.438. The molecule has 12 nitrogen and oxygen atoms in total. The van der Waals surface area contributed by atoms with Gasteiger partial charge in [-0.2, -0.15) is 0 Å². The van der Waals surface area contributed by atoms with Gasteiger partial charge in [-0.3, -0.25) is 19.8 Å². The smallest absolute Gasteiger partial charge is 0.293 e. The van der Waals surface area contributed by atoms with Crippen LogP contribution < -0.4 is 19.7 Å². The fourth-order valence-corrected chi connectivity index (χ4v) is 10.7. The van der Waals surface area contributed by atoms with E-state index in [1.54, 1.807) is 18.2 Å². The van der Waals surface area contributed by atoms with E-state index in [2.05, 4.69) is 50.7 Å². The van der Waals surface area contributed by atoms with Gasteiger partial charge in [-0.05, 0) is 110 Å². The van der Waals surface area contributed by atoms with Crippen LogP contribution >= 0.6 is 11.6 Å². The second-order valence-corrected chi connectivity index (χ2v) is 20.3. The van der Waals surface area contributed by atoms with Crippen LogP contribution in [0.4, 0.5) is 21.5 Å². The van der Waals surface area contributed by atoms with Crippen molar-refractivity contribution in [1.29, 1.82) is 0 Å². The zero-order valence-corrected chi connectivity index (χ0v) is 37.5. The molecule has 63 heavy (non-hydrogen) atoms. The monoisotopic (exact) mass is 898 g/mol. The van der Waals surface area contributed by atoms with E-state index in [1.165, 1.54) is 78.8 Å². The first-order chi connectivity index (χ1) is 30.2. The number of carbonyl (C=O) groups is 1. The number of nitrogens with one attached hydrogen (secondary N) is 2. The first-order valence-corrected chi connectivity index (χ1v) is 23.9. The summed E-state index contributed by atoms with van der Waals surface area (Å²) in [6, 6.07) is 22.7. The Kier molecular flexibility index (Phi) is 13.4. The lowest BCUT2D eigenvalue weighted by atomic mass is 9.72. The SMILES string of the molecule is CC1(C)CCC(CN2CCN(c3ccc(C(=O)NS(=O)(=O)c4ccc(NC5CCN(C6CCCC6)CC5)c([N+](=O)[O-])c4)c(Oc4cccc(F)c4)c3)CC2)=C(c2ccc(Cl)cc2)C1. The predicted octanol–water partition coefficient (Wildman–Crippen LogP) is 9.90. The molecule has 0 atom stereocenters. The second kappa shape index (κ2) is 19.0. The van der Waals surface area contributed by atoms with Crippen LogP contribution in [-0.4, -0.2) is 86.9 Å². The minimum Gasteiger partial charge on any atom is -0.456 e. The summed E-state index contributed by atoms with van der Waals surface area (Å²) in [5.41, 5.74) is 4.75. The van der Waals surface area contributed by atoms with E-state index in [-0.39, 0.29) is 34.2 Å². The average molecular weight is 900 g/mol. The Bertz CT molecular complexity index is 2460. The molecule has 334 valence electrons. The summed E-state index contributed by atoms with van der Waals surface area (Å²) in [6.45, 7) is 10.3. The zero-order valence-electron chi connectivity index (χ0n) is 36.0. The Morgan fingerprint density at radius 1 is 0.921 bits per heavy atom. The number of ether oxygens (including phenoxy) is 1. The van der Waals surface area contributed by atoms with Gasteiger partial charge in [-0.1, -0.05) is 62.1 Å². The quantitative estimate of drug-likeness (QED) is 0.0986. The lowest BCUT2D eigenvalue weighted by Gasteiger charge is -2.39. The summed E-state index contributed by atoms with van der Waals surface area (Å²) in [5, 5.41) is 16.2. The largest absolute Gasteiger partial charge is 0.456 e. The normalized spacial score (nSPS) is 19.3. The van der Waals surface area contributed by atoms with Crippen LogP contribution in [0.1, 0.15) is 87.6 Å². The Labute approximate surface area is 374 Å². The molecular weight excluding hydrogens is 843 g/mol. The van der Waals surface area contributed by atoms with E-state index >= 15 is 0 Å². The molecule has 4 aromatic rings. The third-order valence-corrected chi connectivity index (χ3v) is 14.8. The highest BCUT2D eigenvalue weighted by molar-refractivity contribution is 7.90. The third-order valence-electron chi connectivity index (χ3n) is 13.2. The standard InChI is InChI=1S/C48H56ClFN6O6S/c1-48(2)21-18-34(43(31-48)33-10-12-35(49)13-11-33)32-53-24-26-55(27-25-53)39-14-16-42(46(29-39)62-40-9-5-6-36(50)28-40)47(57)52-63(60,61)41-15-17-44(45(30-41)56(58)59)51-37-19-22-54(23-20-37)38-7-3-4-8-38/h5-6,9-17,28-30,37-38,51H,3-4,7-8,18-27,31-32H2,1-2H3,(H,52,57). The van der Waals surface area contributed by atoms with E-state index in [4.69, 9.17) is 16.3 Å². The molecule has 0 aromatic heterocycles. The highest BCUT2D eigenvalue weighted by Gasteiger charge is 2.32. The van der Waals surface area contributed by atoms with Gasteiger partial charge in [0.1, 0.15) is 23.0 Å². The van der Waals surface area contributed by atoms with Crippen LogP contribution in [0.5, 0.6) is 11.5 Å². The number of piperazine rings is 1. The van der Waals surface area contributed by atoms with E-state index < -0.39 is 37.3 Å². The minimum absolute atomic E-state index is 0.00729. The Morgan fingerprint density at radius 3 is 2.35 bits per heavy atom. The molecule has 0 spiro atoms. The van der Waals surface area contributed by atoms with Crippen molar-refractivity contribution in [2.75, 3.05) is 56.0 Å². The van der Waals surface area contributed by atoms with Gasteiger partial charge in [-0.15, -0.1) is 0 Å². The van der Waals surface area contributed by atoms with Gasteiger partial charge in [0, 0.05) is 86.8 Å². The van der Waals surface area contributed by atoms with Crippen LogP contribution in [-0.2, 0) is 10.0 Å². The number of rotatable bonds is 13. The molecule has 15 heteroatoms. The maximum Gasteiger partial charge on any atom is 0.293 e. The number of allylic oxidation sites excluding steroid dienone is 1. The van der Waals surface area contributed by atoms with Crippen LogP contribution in [0.25, 0.3) is 5.57 Å². The molecule has 2 aliphatic heterocycles. The van der Waals surface area contributed by atoms with Crippen molar-refractivity contribution < 1.29 is 27.3 Å². The number of sulfonamides is 1. The van der Waals surface area contributed by atoms with Gasteiger partial charge in [0.15, 0.2) is 0 Å². The first-order valence-electron chi connectivity index (χ1n) is 22.1. The maximum absolute atomic E-state index is 14.3. The summed E-state index contributed by atoms with van der Waals surface area (Å²) in [4.78, 5) is 32.2. The number of amides is 1. The van der Waals surface area contributed by atoms with E-state index in [9.17, 15) is 27.7 Å². The van der Waals surface area contributed by atoms with Gasteiger partial charge in [0.05, 0.1) is 15.4 Å². The summed E-state index contributed by atoms with van der Waals surface area (Å²) >= 11 is 6.23. The van der Waals surface area contributed by atoms with Gasteiger partial charge in [0.2, 0.25) is 0 Å². The Balaban J connectivity index is 0.964. The highest BCUT2D eigenvalue weighted by atomic mass is 35.5. The molecule has 0 radical (unpaired) electrons. The number of hydrogen-bond acceptors (Lipinski definition) is 10. The summed E-state index contributed by atoms with van der Waals surface area (Å²) in [7, 11) is -4.59. The van der Waals surface area contributed by atoms with Gasteiger partial charge < -0.3 is 19.9 Å². The number of hydrogen-bond donors (Lipinski definition) is 2. The molecule has 3 fully saturated rings. The molecule has 1 amide bonds. The number of anilines is 2. The summed E-state index contributed by atoms with van der Waals surface area (Å²) < 4.78 is 49.9. The molecule has 4 aromatic carbocycles. The van der Waals surface area contributed by atoms with Crippen molar-refractivity contribution in [2.24, 2.45) is 5.41 Å². The third kappa shape index (κ3) is 10.9. The second-order valence-electron chi connectivity index (χ2n) is 18.2. The number of benzene rings is 4.